The van der Waals surface area contributed by atoms with Gasteiger partial charge < -0.3 is 9.47 Å². The lowest BCUT2D eigenvalue weighted by Gasteiger charge is -2.30. The van der Waals surface area contributed by atoms with Gasteiger partial charge in [0.05, 0.1) is 19.3 Å². The fraction of sp³-hybridized carbons (Fsp3) is 0.593. The summed E-state index contributed by atoms with van der Waals surface area (Å²) in [6.07, 6.45) is 11.2. The summed E-state index contributed by atoms with van der Waals surface area (Å²) in [4.78, 5) is 4.78. The van der Waals surface area contributed by atoms with E-state index in [0.717, 1.165) is 24.3 Å². The molecule has 1 saturated heterocycles. The molecule has 2 fully saturated rings. The smallest absolute Gasteiger partial charge is 0.200 e. The molecule has 1 aromatic heterocycles. The lowest BCUT2D eigenvalue weighted by Crippen LogP contribution is -2.21. The SMILES string of the molecule is CCCC1CCC(c2ccc(C3CCC(c4ccc(OCC)c(F)c4F)CO3)cn2)CC1. The van der Waals surface area contributed by atoms with Gasteiger partial charge in [0.2, 0.25) is 5.82 Å². The summed E-state index contributed by atoms with van der Waals surface area (Å²) in [5.41, 5.74) is 2.64. The highest BCUT2D eigenvalue weighted by Crippen LogP contribution is 2.39. The minimum Gasteiger partial charge on any atom is -0.491 e. The third kappa shape index (κ3) is 5.14. The molecule has 2 aromatic rings. The third-order valence-corrected chi connectivity index (χ3v) is 7.24. The highest BCUT2D eigenvalue weighted by molar-refractivity contribution is 5.33. The normalized spacial score (nSPS) is 26.1. The molecule has 3 nitrogen and oxygen atoms in total. The second-order valence-corrected chi connectivity index (χ2v) is 9.33. The van der Waals surface area contributed by atoms with Gasteiger partial charge in [-0.2, -0.15) is 4.39 Å². The molecule has 174 valence electrons. The first kappa shape index (κ1) is 23.2. The van der Waals surface area contributed by atoms with Crippen LogP contribution in [0.1, 0.15) is 100.0 Å². The van der Waals surface area contributed by atoms with Crippen LogP contribution in [-0.4, -0.2) is 18.2 Å². The number of nitrogens with zero attached hydrogens (tertiary/aromatic N) is 1. The van der Waals surface area contributed by atoms with E-state index in [1.165, 1.54) is 50.3 Å². The van der Waals surface area contributed by atoms with Gasteiger partial charge in [-0.1, -0.05) is 31.9 Å². The number of hydrogen-bond donors (Lipinski definition) is 0. The Morgan fingerprint density at radius 2 is 1.72 bits per heavy atom. The van der Waals surface area contributed by atoms with E-state index in [-0.39, 0.29) is 17.8 Å². The van der Waals surface area contributed by atoms with Crippen LogP contribution >= 0.6 is 0 Å². The Bertz CT molecular complexity index is 870. The van der Waals surface area contributed by atoms with Crippen LogP contribution in [0.25, 0.3) is 0 Å². The van der Waals surface area contributed by atoms with Crippen LogP contribution in [0.5, 0.6) is 5.75 Å². The van der Waals surface area contributed by atoms with Crippen molar-refractivity contribution in [3.8, 4) is 5.75 Å². The number of aromatic nitrogens is 1. The Labute approximate surface area is 190 Å². The van der Waals surface area contributed by atoms with Gasteiger partial charge in [0, 0.05) is 23.7 Å². The highest BCUT2D eigenvalue weighted by atomic mass is 19.2. The molecule has 1 aliphatic heterocycles. The predicted molar refractivity (Wildman–Crippen MR) is 122 cm³/mol. The van der Waals surface area contributed by atoms with Gasteiger partial charge in [-0.15, -0.1) is 0 Å². The summed E-state index contributed by atoms with van der Waals surface area (Å²) < 4.78 is 40.0. The van der Waals surface area contributed by atoms with Gasteiger partial charge in [0.15, 0.2) is 11.6 Å². The number of rotatable bonds is 7. The molecule has 2 aliphatic rings. The molecule has 5 heteroatoms. The van der Waals surface area contributed by atoms with Crippen molar-refractivity contribution in [2.45, 2.75) is 83.2 Å². The summed E-state index contributed by atoms with van der Waals surface area (Å²) >= 11 is 0. The zero-order valence-corrected chi connectivity index (χ0v) is 19.3. The first-order valence-corrected chi connectivity index (χ1v) is 12.3. The van der Waals surface area contributed by atoms with Crippen LogP contribution in [0.3, 0.4) is 0 Å². The highest BCUT2D eigenvalue weighted by Gasteiger charge is 2.29. The van der Waals surface area contributed by atoms with E-state index in [2.05, 4.69) is 19.1 Å². The molecular formula is C27H35F2NO2. The van der Waals surface area contributed by atoms with Crippen molar-refractivity contribution >= 4 is 0 Å². The van der Waals surface area contributed by atoms with E-state index in [0.29, 0.717) is 24.7 Å². The summed E-state index contributed by atoms with van der Waals surface area (Å²) in [7, 11) is 0. The molecule has 1 aliphatic carbocycles. The molecule has 0 N–H and O–H groups in total. The van der Waals surface area contributed by atoms with Gasteiger partial charge in [0.1, 0.15) is 0 Å². The first-order chi connectivity index (χ1) is 15.6. The average Bonchev–Trinajstić information content (AvgIpc) is 2.83. The summed E-state index contributed by atoms with van der Waals surface area (Å²) in [5, 5.41) is 0. The molecular weight excluding hydrogens is 408 g/mol. The first-order valence-electron chi connectivity index (χ1n) is 12.3. The van der Waals surface area contributed by atoms with Gasteiger partial charge in [-0.05, 0) is 74.6 Å². The molecule has 0 amide bonds. The molecule has 4 rings (SSSR count). The molecule has 32 heavy (non-hydrogen) atoms. The van der Waals surface area contributed by atoms with Crippen molar-refractivity contribution in [2.75, 3.05) is 13.2 Å². The quantitative estimate of drug-likeness (QED) is 0.445. The summed E-state index contributed by atoms with van der Waals surface area (Å²) in [6.45, 7) is 4.70. The second kappa shape index (κ2) is 10.7. The van der Waals surface area contributed by atoms with Crippen LogP contribution < -0.4 is 4.74 Å². The zero-order valence-electron chi connectivity index (χ0n) is 19.3. The van der Waals surface area contributed by atoms with E-state index in [1.54, 1.807) is 13.0 Å². The number of hydrogen-bond acceptors (Lipinski definition) is 3. The number of halogens is 2. The minimum absolute atomic E-state index is 0.0339. The van der Waals surface area contributed by atoms with E-state index >= 15 is 0 Å². The van der Waals surface area contributed by atoms with Gasteiger partial charge >= 0.3 is 0 Å². The summed E-state index contributed by atoms with van der Waals surface area (Å²) in [5.74, 6) is -0.438. The number of ether oxygens (including phenoxy) is 2. The largest absolute Gasteiger partial charge is 0.491 e. The fourth-order valence-corrected chi connectivity index (χ4v) is 5.39. The van der Waals surface area contributed by atoms with E-state index in [4.69, 9.17) is 14.5 Å². The van der Waals surface area contributed by atoms with Crippen LogP contribution in [0.2, 0.25) is 0 Å². The lowest BCUT2D eigenvalue weighted by atomic mass is 9.78. The van der Waals surface area contributed by atoms with Crippen LogP contribution in [0.4, 0.5) is 8.78 Å². The minimum atomic E-state index is -0.907. The van der Waals surface area contributed by atoms with Crippen molar-refractivity contribution in [3.63, 3.8) is 0 Å². The van der Waals surface area contributed by atoms with Crippen molar-refractivity contribution in [1.82, 2.24) is 4.98 Å². The third-order valence-electron chi connectivity index (χ3n) is 7.24. The Morgan fingerprint density at radius 3 is 2.34 bits per heavy atom. The van der Waals surface area contributed by atoms with E-state index in [9.17, 15) is 8.78 Å². The van der Waals surface area contributed by atoms with Crippen molar-refractivity contribution in [2.24, 2.45) is 5.92 Å². The Hall–Kier alpha value is -2.01. The van der Waals surface area contributed by atoms with Crippen molar-refractivity contribution in [3.05, 3.63) is 58.9 Å². The molecule has 1 aromatic carbocycles. The number of benzene rings is 1. The predicted octanol–water partition coefficient (Wildman–Crippen LogP) is 7.47. The molecule has 2 heterocycles. The maximum atomic E-state index is 14.6. The molecule has 0 radical (unpaired) electrons. The molecule has 1 saturated carbocycles. The lowest BCUT2D eigenvalue weighted by molar-refractivity contribution is 0.00139. The number of pyridine rings is 1. The van der Waals surface area contributed by atoms with Crippen LogP contribution in [0, 0.1) is 17.6 Å². The average molecular weight is 444 g/mol. The second-order valence-electron chi connectivity index (χ2n) is 9.33. The Kier molecular flexibility index (Phi) is 7.77. The summed E-state index contributed by atoms with van der Waals surface area (Å²) in [6, 6.07) is 7.45. The molecule has 2 unspecified atom stereocenters. The Morgan fingerprint density at radius 1 is 0.938 bits per heavy atom. The van der Waals surface area contributed by atoms with Crippen molar-refractivity contribution in [1.29, 1.82) is 0 Å². The zero-order chi connectivity index (χ0) is 22.5. The molecule has 2 atom stereocenters. The van der Waals surface area contributed by atoms with E-state index < -0.39 is 11.6 Å². The fourth-order valence-electron chi connectivity index (χ4n) is 5.39. The van der Waals surface area contributed by atoms with Gasteiger partial charge in [-0.3, -0.25) is 4.98 Å². The monoisotopic (exact) mass is 443 g/mol. The van der Waals surface area contributed by atoms with Crippen molar-refractivity contribution < 1.29 is 18.3 Å². The van der Waals surface area contributed by atoms with Crippen LogP contribution in [-0.2, 0) is 4.74 Å². The van der Waals surface area contributed by atoms with Crippen LogP contribution in [0.15, 0.2) is 30.5 Å². The van der Waals surface area contributed by atoms with Gasteiger partial charge in [-0.25, -0.2) is 4.39 Å². The standard InChI is InChI=1S/C27H35F2NO2/c1-3-5-18-6-8-19(9-7-18)23-13-10-20(16-30-23)24-14-11-21(17-32-24)22-12-15-25(31-4-2)27(29)26(22)28/h10,12-13,15-16,18-19,21,24H,3-9,11,14,17H2,1-2H3. The maximum absolute atomic E-state index is 14.6. The molecule has 0 bridgehead atoms. The molecule has 0 spiro atoms. The topological polar surface area (TPSA) is 31.4 Å². The Balaban J connectivity index is 1.33. The van der Waals surface area contributed by atoms with E-state index in [1.807, 2.05) is 6.20 Å². The maximum Gasteiger partial charge on any atom is 0.200 e. The van der Waals surface area contributed by atoms with Gasteiger partial charge in [0.25, 0.3) is 0 Å².